The van der Waals surface area contributed by atoms with Gasteiger partial charge in [-0.1, -0.05) is 12.1 Å². The van der Waals surface area contributed by atoms with E-state index in [-0.39, 0.29) is 5.91 Å². The van der Waals surface area contributed by atoms with Gasteiger partial charge in [0.2, 0.25) is 0 Å². The highest BCUT2D eigenvalue weighted by Gasteiger charge is 2.19. The molecule has 2 aromatic heterocycles. The van der Waals surface area contributed by atoms with Gasteiger partial charge in [0.05, 0.1) is 17.6 Å². The molecule has 3 aromatic rings. The van der Waals surface area contributed by atoms with Gasteiger partial charge >= 0.3 is 0 Å². The van der Waals surface area contributed by atoms with Gasteiger partial charge in [-0.05, 0) is 49.5 Å². The number of H-pyrrole nitrogens is 2. The summed E-state index contributed by atoms with van der Waals surface area (Å²) in [4.78, 5) is 16.1. The van der Waals surface area contributed by atoms with E-state index >= 15 is 0 Å². The fraction of sp³-hybridized carbons (Fsp3) is 0.353. The third-order valence-corrected chi connectivity index (χ3v) is 5.12. The summed E-state index contributed by atoms with van der Waals surface area (Å²) < 4.78 is 2.29. The molecule has 0 fully saturated rings. The second-order valence-electron chi connectivity index (χ2n) is 6.20. The average Bonchev–Trinajstić information content (AvgIpc) is 3.13. The van der Waals surface area contributed by atoms with Crippen LogP contribution in [0.25, 0.3) is 10.9 Å². The predicted octanol–water partition coefficient (Wildman–Crippen LogP) is 2.77. The molecule has 0 radical (unpaired) electrons. The highest BCUT2D eigenvalue weighted by molar-refractivity contribution is 7.71. The minimum Gasteiger partial charge on any atom is -0.358 e. The van der Waals surface area contributed by atoms with E-state index in [4.69, 9.17) is 12.2 Å². The quantitative estimate of drug-likeness (QED) is 0.641. The number of nitrogens with zero attached hydrogens (tertiary/aromatic N) is 2. The molecule has 1 aliphatic rings. The van der Waals surface area contributed by atoms with Crippen molar-refractivity contribution < 1.29 is 4.79 Å². The molecular formula is C17H19N5OS. The maximum atomic E-state index is 12.7. The van der Waals surface area contributed by atoms with Crippen LogP contribution in [0.15, 0.2) is 18.2 Å². The molecule has 2 heterocycles. The lowest BCUT2D eigenvalue weighted by atomic mass is 9.95. The zero-order chi connectivity index (χ0) is 16.7. The third-order valence-electron chi connectivity index (χ3n) is 4.76. The van der Waals surface area contributed by atoms with Crippen molar-refractivity contribution in [3.05, 3.63) is 45.6 Å². The molecule has 0 bridgehead atoms. The zero-order valence-electron chi connectivity index (χ0n) is 13.5. The minimum atomic E-state index is -0.104. The van der Waals surface area contributed by atoms with Crippen LogP contribution in [0, 0.1) is 4.77 Å². The van der Waals surface area contributed by atoms with Crippen LogP contribution in [0.2, 0.25) is 0 Å². The van der Waals surface area contributed by atoms with Gasteiger partial charge in [-0.3, -0.25) is 9.89 Å². The van der Waals surface area contributed by atoms with Crippen molar-refractivity contribution in [3.63, 3.8) is 0 Å². The van der Waals surface area contributed by atoms with Crippen molar-refractivity contribution in [2.45, 2.75) is 32.2 Å². The van der Waals surface area contributed by atoms with Crippen LogP contribution in [0.1, 0.15) is 40.3 Å². The van der Waals surface area contributed by atoms with E-state index in [1.165, 1.54) is 29.5 Å². The first-order chi connectivity index (χ1) is 11.6. The molecule has 7 heteroatoms. The minimum absolute atomic E-state index is 0.104. The highest BCUT2D eigenvalue weighted by atomic mass is 32.1. The van der Waals surface area contributed by atoms with Gasteiger partial charge in [0.15, 0.2) is 10.6 Å². The number of benzene rings is 1. The summed E-state index contributed by atoms with van der Waals surface area (Å²) in [5, 5.41) is 11.0. The highest BCUT2D eigenvalue weighted by Crippen LogP contribution is 2.30. The Balaban J connectivity index is 1.63. The van der Waals surface area contributed by atoms with Crippen LogP contribution < -0.4 is 5.32 Å². The molecule has 0 atom stereocenters. The number of aromatic nitrogens is 4. The molecule has 4 rings (SSSR count). The number of fused-ring (bicyclic) bond motifs is 3. The van der Waals surface area contributed by atoms with Gasteiger partial charge in [-0.2, -0.15) is 5.10 Å². The van der Waals surface area contributed by atoms with Gasteiger partial charge < -0.3 is 14.9 Å². The molecule has 124 valence electrons. The molecule has 24 heavy (non-hydrogen) atoms. The van der Waals surface area contributed by atoms with Gasteiger partial charge in [-0.15, -0.1) is 0 Å². The van der Waals surface area contributed by atoms with E-state index in [1.54, 1.807) is 4.57 Å². The van der Waals surface area contributed by atoms with Crippen LogP contribution in [0.5, 0.6) is 0 Å². The Morgan fingerprint density at radius 3 is 3.00 bits per heavy atom. The number of aromatic amines is 2. The first-order valence-corrected chi connectivity index (χ1v) is 8.57. The second kappa shape index (κ2) is 5.90. The fourth-order valence-electron chi connectivity index (χ4n) is 3.41. The molecule has 0 spiro atoms. The molecule has 0 unspecified atom stereocenters. The topological polar surface area (TPSA) is 78.5 Å². The molecule has 1 amide bonds. The lowest BCUT2D eigenvalue weighted by Crippen LogP contribution is -2.24. The monoisotopic (exact) mass is 341 g/mol. The number of carbonyl (C=O) groups excluding carboxylic acids is 1. The Labute approximate surface area is 144 Å². The smallest absolute Gasteiger partial charge is 0.253 e. The van der Waals surface area contributed by atoms with Gasteiger partial charge in [0.1, 0.15) is 0 Å². The Kier molecular flexibility index (Phi) is 3.72. The van der Waals surface area contributed by atoms with E-state index in [0.717, 1.165) is 18.4 Å². The van der Waals surface area contributed by atoms with Gasteiger partial charge in [-0.25, -0.2) is 0 Å². The molecule has 1 aromatic carbocycles. The molecule has 6 nitrogen and oxygen atoms in total. The van der Waals surface area contributed by atoms with Crippen molar-refractivity contribution >= 4 is 29.0 Å². The Morgan fingerprint density at radius 1 is 1.38 bits per heavy atom. The maximum Gasteiger partial charge on any atom is 0.253 e. The number of aryl methyl sites for hydroxylation is 2. The van der Waals surface area contributed by atoms with Crippen molar-refractivity contribution in [3.8, 4) is 0 Å². The number of para-hydroxylation sites is 1. The summed E-state index contributed by atoms with van der Waals surface area (Å²) in [6, 6.07) is 5.92. The van der Waals surface area contributed by atoms with Crippen molar-refractivity contribution in [1.82, 2.24) is 25.1 Å². The van der Waals surface area contributed by atoms with Crippen LogP contribution in [-0.2, 0) is 26.4 Å². The first kappa shape index (κ1) is 15.1. The third kappa shape index (κ3) is 2.45. The normalized spacial score (nSPS) is 13.9. The Morgan fingerprint density at radius 2 is 2.21 bits per heavy atom. The lowest BCUT2D eigenvalue weighted by Gasteiger charge is -2.10. The van der Waals surface area contributed by atoms with E-state index in [9.17, 15) is 4.79 Å². The molecule has 0 aliphatic heterocycles. The summed E-state index contributed by atoms with van der Waals surface area (Å²) in [7, 11) is 1.83. The van der Waals surface area contributed by atoms with Crippen molar-refractivity contribution in [1.29, 1.82) is 0 Å². The van der Waals surface area contributed by atoms with Crippen LogP contribution in [0.3, 0.4) is 0 Å². The molecule has 3 N–H and O–H groups in total. The largest absolute Gasteiger partial charge is 0.358 e. The summed E-state index contributed by atoms with van der Waals surface area (Å²) in [5.41, 5.74) is 4.28. The number of nitrogens with one attached hydrogen (secondary N) is 3. The van der Waals surface area contributed by atoms with E-state index in [1.807, 2.05) is 19.2 Å². The number of hydrogen-bond donors (Lipinski definition) is 3. The standard InChI is InChI=1S/C17H19N5OS/c1-22-14(20-21-17(22)24)9-18-16(23)12-7-4-6-11-10-5-2-3-8-13(10)19-15(11)12/h4,6-7,19H,2-3,5,8-9H2,1H3,(H,18,23)(H,21,24). The number of amides is 1. The SMILES string of the molecule is Cn1c(CNC(=O)c2cccc3c4c([nH]c23)CCCC4)n[nH]c1=S. The Hall–Kier alpha value is -2.41. The van der Waals surface area contributed by atoms with Crippen molar-refractivity contribution in [2.75, 3.05) is 0 Å². The fourth-order valence-corrected chi connectivity index (χ4v) is 3.56. The molecule has 1 aliphatic carbocycles. The summed E-state index contributed by atoms with van der Waals surface area (Å²) in [5.74, 6) is 0.597. The van der Waals surface area contributed by atoms with E-state index in [2.05, 4.69) is 26.6 Å². The Bertz CT molecular complexity index is 981. The van der Waals surface area contributed by atoms with Crippen LogP contribution in [0.4, 0.5) is 0 Å². The molecule has 0 saturated carbocycles. The first-order valence-electron chi connectivity index (χ1n) is 8.16. The van der Waals surface area contributed by atoms with Crippen molar-refractivity contribution in [2.24, 2.45) is 7.05 Å². The van der Waals surface area contributed by atoms with E-state index < -0.39 is 0 Å². The number of rotatable bonds is 3. The lowest BCUT2D eigenvalue weighted by molar-refractivity contribution is 0.0951. The summed E-state index contributed by atoms with van der Waals surface area (Å²) in [6.45, 7) is 0.333. The maximum absolute atomic E-state index is 12.7. The van der Waals surface area contributed by atoms with Gasteiger partial charge in [0.25, 0.3) is 5.91 Å². The second-order valence-corrected chi connectivity index (χ2v) is 6.59. The van der Waals surface area contributed by atoms with Crippen LogP contribution in [-0.4, -0.2) is 25.7 Å². The summed E-state index contributed by atoms with van der Waals surface area (Å²) in [6.07, 6.45) is 4.58. The van der Waals surface area contributed by atoms with E-state index in [0.29, 0.717) is 22.7 Å². The van der Waals surface area contributed by atoms with Gasteiger partial charge in [0, 0.05) is 18.1 Å². The summed E-state index contributed by atoms with van der Waals surface area (Å²) >= 11 is 5.09. The molecular weight excluding hydrogens is 322 g/mol. The average molecular weight is 341 g/mol. The van der Waals surface area contributed by atoms with Crippen LogP contribution >= 0.6 is 12.2 Å². The number of hydrogen-bond acceptors (Lipinski definition) is 3. The predicted molar refractivity (Wildman–Crippen MR) is 94.5 cm³/mol. The zero-order valence-corrected chi connectivity index (χ0v) is 14.3. The molecule has 0 saturated heterocycles. The number of carbonyl (C=O) groups is 1.